The van der Waals surface area contributed by atoms with Crippen molar-refractivity contribution in [1.82, 2.24) is 4.98 Å². The maximum absolute atomic E-state index is 5.57. The predicted molar refractivity (Wildman–Crippen MR) is 43.7 cm³/mol. The first-order valence-electron chi connectivity index (χ1n) is 3.19. The van der Waals surface area contributed by atoms with E-state index in [-0.39, 0.29) is 0 Å². The monoisotopic (exact) mass is 127 g/mol. The normalized spacial score (nSPS) is 10.4. The molecule has 1 N–H and O–H groups in total. The highest BCUT2D eigenvalue weighted by Crippen LogP contribution is 2.07. The van der Waals surface area contributed by atoms with Gasteiger partial charge in [0.25, 0.3) is 0 Å². The fourth-order valence-corrected chi connectivity index (χ4v) is 1.07. The van der Waals surface area contributed by atoms with Crippen molar-refractivity contribution >= 4 is 24.2 Å². The first-order valence-corrected chi connectivity index (χ1v) is 3.19. The van der Waals surface area contributed by atoms with Crippen LogP contribution in [0.5, 0.6) is 0 Å². The zero-order valence-corrected chi connectivity index (χ0v) is 5.46. The maximum Gasteiger partial charge on any atom is 0.113 e. The Kier molecular flexibility index (Phi) is 1.07. The zero-order valence-electron chi connectivity index (χ0n) is 5.46. The Bertz CT molecular complexity index is 351. The Morgan fingerprint density at radius 1 is 1.20 bits per heavy atom. The van der Waals surface area contributed by atoms with Gasteiger partial charge in [-0.05, 0) is 17.5 Å². The Labute approximate surface area is 60.5 Å². The Hall–Kier alpha value is -1.18. The molecule has 0 spiro atoms. The molecule has 0 aliphatic rings. The van der Waals surface area contributed by atoms with Gasteiger partial charge in [0, 0.05) is 11.7 Å². The summed E-state index contributed by atoms with van der Waals surface area (Å²) >= 11 is 0. The van der Waals surface area contributed by atoms with Gasteiger partial charge in [-0.3, -0.25) is 0 Å². The molecule has 0 aliphatic carbocycles. The van der Waals surface area contributed by atoms with Crippen LogP contribution in [0.3, 0.4) is 0 Å². The molecule has 0 atom stereocenters. The number of hydrogen-bond donors (Lipinski definition) is 1. The summed E-state index contributed by atoms with van der Waals surface area (Å²) in [5, 5.41) is 1.17. The molecular weight excluding hydrogens is 121 g/mol. The third-order valence-electron chi connectivity index (χ3n) is 1.58. The molecule has 0 aliphatic heterocycles. The lowest BCUT2D eigenvalue weighted by atomic mass is 9.95. The lowest BCUT2D eigenvalue weighted by Gasteiger charge is -1.90. The van der Waals surface area contributed by atoms with Crippen molar-refractivity contribution in [2.24, 2.45) is 0 Å². The molecule has 0 bridgehead atoms. The summed E-state index contributed by atoms with van der Waals surface area (Å²) in [6, 6.07) is 7.82. The molecule has 46 valence electrons. The van der Waals surface area contributed by atoms with E-state index >= 15 is 0 Å². The highest BCUT2D eigenvalue weighted by Gasteiger charge is 1.90. The fourth-order valence-electron chi connectivity index (χ4n) is 1.07. The summed E-state index contributed by atoms with van der Waals surface area (Å²) < 4.78 is 0. The van der Waals surface area contributed by atoms with Crippen LogP contribution < -0.4 is 5.46 Å². The summed E-state index contributed by atoms with van der Waals surface area (Å²) in [6.45, 7) is 0. The van der Waals surface area contributed by atoms with E-state index in [1.54, 1.807) is 0 Å². The van der Waals surface area contributed by atoms with Crippen LogP contribution in [-0.2, 0) is 0 Å². The van der Waals surface area contributed by atoms with Gasteiger partial charge in [0.15, 0.2) is 0 Å². The number of aromatic nitrogens is 1. The van der Waals surface area contributed by atoms with E-state index in [0.717, 1.165) is 11.0 Å². The minimum absolute atomic E-state index is 0.812. The molecule has 2 rings (SSSR count). The third kappa shape index (κ3) is 0.729. The minimum atomic E-state index is 0.812. The highest BCUT2D eigenvalue weighted by molar-refractivity contribution is 6.33. The van der Waals surface area contributed by atoms with Crippen molar-refractivity contribution in [3.8, 4) is 0 Å². The van der Waals surface area contributed by atoms with Gasteiger partial charge in [0.05, 0.1) is 0 Å². The van der Waals surface area contributed by atoms with Crippen LogP contribution in [-0.4, -0.2) is 12.8 Å². The zero-order chi connectivity index (χ0) is 6.97. The molecule has 1 aromatic carbocycles. The first kappa shape index (κ1) is 5.60. The Morgan fingerprint density at radius 3 is 3.00 bits per heavy atom. The molecule has 2 heteroatoms. The van der Waals surface area contributed by atoms with Crippen molar-refractivity contribution in [2.75, 3.05) is 0 Å². The topological polar surface area (TPSA) is 15.8 Å². The van der Waals surface area contributed by atoms with Gasteiger partial charge in [-0.25, -0.2) is 0 Å². The minimum Gasteiger partial charge on any atom is -0.361 e. The number of nitrogens with one attached hydrogen (secondary N) is 1. The van der Waals surface area contributed by atoms with Crippen molar-refractivity contribution in [3.63, 3.8) is 0 Å². The number of rotatable bonds is 0. The number of hydrogen-bond acceptors (Lipinski definition) is 0. The molecular formula is C8H6BN. The van der Waals surface area contributed by atoms with Crippen LogP contribution in [0.2, 0.25) is 0 Å². The lowest BCUT2D eigenvalue weighted by molar-refractivity contribution is 1.48. The van der Waals surface area contributed by atoms with Crippen molar-refractivity contribution < 1.29 is 0 Å². The molecule has 1 aromatic heterocycles. The molecule has 2 aromatic rings. The number of fused-ring (bicyclic) bond motifs is 1. The van der Waals surface area contributed by atoms with E-state index in [1.165, 1.54) is 5.39 Å². The quantitative estimate of drug-likeness (QED) is 0.507. The average molecular weight is 127 g/mol. The highest BCUT2D eigenvalue weighted by atomic mass is 14.7. The van der Waals surface area contributed by atoms with Crippen LogP contribution in [0.25, 0.3) is 10.9 Å². The molecule has 2 radical (unpaired) electrons. The maximum atomic E-state index is 5.57. The molecule has 10 heavy (non-hydrogen) atoms. The largest absolute Gasteiger partial charge is 0.361 e. The summed E-state index contributed by atoms with van der Waals surface area (Å²) in [7, 11) is 5.57. The molecule has 0 amide bonds. The predicted octanol–water partition coefficient (Wildman–Crippen LogP) is 0.962. The smallest absolute Gasteiger partial charge is 0.113 e. The van der Waals surface area contributed by atoms with Gasteiger partial charge in [0.1, 0.15) is 7.85 Å². The Balaban J connectivity index is 2.86. The third-order valence-corrected chi connectivity index (χ3v) is 1.58. The van der Waals surface area contributed by atoms with E-state index < -0.39 is 0 Å². The Morgan fingerprint density at radius 2 is 2.10 bits per heavy atom. The van der Waals surface area contributed by atoms with Gasteiger partial charge in [-0.15, -0.1) is 0 Å². The second-order valence-electron chi connectivity index (χ2n) is 2.32. The summed E-state index contributed by atoms with van der Waals surface area (Å²) in [5.41, 5.74) is 1.95. The summed E-state index contributed by atoms with van der Waals surface area (Å²) in [4.78, 5) is 3.09. The second-order valence-corrected chi connectivity index (χ2v) is 2.32. The van der Waals surface area contributed by atoms with Crippen molar-refractivity contribution in [2.45, 2.75) is 0 Å². The van der Waals surface area contributed by atoms with E-state index in [4.69, 9.17) is 7.85 Å². The van der Waals surface area contributed by atoms with Gasteiger partial charge >= 0.3 is 0 Å². The average Bonchev–Trinajstić information content (AvgIpc) is 2.33. The van der Waals surface area contributed by atoms with Crippen molar-refractivity contribution in [1.29, 1.82) is 0 Å². The first-order chi connectivity index (χ1) is 4.86. The van der Waals surface area contributed by atoms with Crippen LogP contribution in [0.4, 0.5) is 0 Å². The van der Waals surface area contributed by atoms with Gasteiger partial charge in [-0.2, -0.15) is 0 Å². The lowest BCUT2D eigenvalue weighted by Crippen LogP contribution is -1.98. The van der Waals surface area contributed by atoms with Crippen LogP contribution >= 0.6 is 0 Å². The summed E-state index contributed by atoms with van der Waals surface area (Å²) in [5.74, 6) is 0. The molecule has 0 fully saturated rings. The standard InChI is InChI=1S/C8H6BN/c9-7-1-2-8-6(5-7)3-4-10-8/h1-5,10H. The van der Waals surface area contributed by atoms with Crippen molar-refractivity contribution in [3.05, 3.63) is 30.5 Å². The van der Waals surface area contributed by atoms with Gasteiger partial charge in [-0.1, -0.05) is 17.6 Å². The van der Waals surface area contributed by atoms with Crippen LogP contribution in [0.15, 0.2) is 30.5 Å². The number of H-pyrrole nitrogens is 1. The number of aromatic amines is 1. The van der Waals surface area contributed by atoms with Crippen LogP contribution in [0, 0.1) is 0 Å². The molecule has 0 saturated heterocycles. The van der Waals surface area contributed by atoms with Crippen LogP contribution in [0.1, 0.15) is 0 Å². The second kappa shape index (κ2) is 1.91. The van der Waals surface area contributed by atoms with E-state index in [1.807, 2.05) is 30.5 Å². The van der Waals surface area contributed by atoms with E-state index in [9.17, 15) is 0 Å². The number of benzene rings is 1. The summed E-state index contributed by atoms with van der Waals surface area (Å²) in [6.07, 6.45) is 1.91. The molecule has 1 heterocycles. The SMILES string of the molecule is [B]c1ccc2[nH]ccc2c1. The van der Waals surface area contributed by atoms with Gasteiger partial charge < -0.3 is 4.98 Å². The molecule has 0 unspecified atom stereocenters. The van der Waals surface area contributed by atoms with E-state index in [2.05, 4.69) is 4.98 Å². The molecule has 0 saturated carbocycles. The fraction of sp³-hybridized carbons (Fsp3) is 0. The van der Waals surface area contributed by atoms with E-state index in [0.29, 0.717) is 0 Å². The van der Waals surface area contributed by atoms with Gasteiger partial charge in [0.2, 0.25) is 0 Å². The molecule has 1 nitrogen and oxygen atoms in total.